The van der Waals surface area contributed by atoms with E-state index < -0.39 is 52.8 Å². The van der Waals surface area contributed by atoms with Crippen LogP contribution in [0.5, 0.6) is 0 Å². The average Bonchev–Trinajstić information content (AvgIpc) is 3.33. The van der Waals surface area contributed by atoms with Crippen LogP contribution in [0, 0.1) is 23.0 Å². The molecule has 7 nitrogen and oxygen atoms in total. The number of rotatable bonds is 8. The van der Waals surface area contributed by atoms with E-state index in [1.165, 1.54) is 24.3 Å². The Hall–Kier alpha value is -2.30. The number of aliphatic hydroxyl groups excluding tert-OH is 2. The molecular formula is C28H33Cl2F2N3O4. The zero-order valence-corrected chi connectivity index (χ0v) is 23.5. The van der Waals surface area contributed by atoms with Gasteiger partial charge in [0.05, 0.1) is 16.1 Å². The van der Waals surface area contributed by atoms with Gasteiger partial charge in [0.2, 0.25) is 11.8 Å². The summed E-state index contributed by atoms with van der Waals surface area (Å²) >= 11 is 12.2. The van der Waals surface area contributed by atoms with Crippen LogP contribution in [0.4, 0.5) is 14.5 Å². The van der Waals surface area contributed by atoms with Gasteiger partial charge in [-0.1, -0.05) is 56.1 Å². The summed E-state index contributed by atoms with van der Waals surface area (Å²) in [4.78, 5) is 27.7. The lowest BCUT2D eigenvalue weighted by Crippen LogP contribution is -2.49. The van der Waals surface area contributed by atoms with Crippen LogP contribution < -0.4 is 16.0 Å². The summed E-state index contributed by atoms with van der Waals surface area (Å²) in [7, 11) is 0. The molecule has 0 saturated carbocycles. The van der Waals surface area contributed by atoms with Gasteiger partial charge in [-0.05, 0) is 47.6 Å². The van der Waals surface area contributed by atoms with Crippen LogP contribution in [0.15, 0.2) is 30.3 Å². The van der Waals surface area contributed by atoms with Crippen LogP contribution in [0.3, 0.4) is 0 Å². The smallest absolute Gasteiger partial charge is 0.237 e. The maximum absolute atomic E-state index is 15.7. The fourth-order valence-electron chi connectivity index (χ4n) is 5.91. The van der Waals surface area contributed by atoms with Gasteiger partial charge in [0.1, 0.15) is 17.0 Å². The number of amides is 2. The molecule has 4 atom stereocenters. The number of fused-ring (bicyclic) bond motifs is 2. The highest BCUT2D eigenvalue weighted by atomic mass is 35.5. The molecule has 2 aliphatic heterocycles. The Kier molecular flexibility index (Phi) is 8.59. The molecule has 1 spiro atoms. The molecule has 0 aliphatic carbocycles. The van der Waals surface area contributed by atoms with E-state index in [0.29, 0.717) is 18.5 Å². The molecule has 0 radical (unpaired) electrons. The lowest BCUT2D eigenvalue weighted by atomic mass is 9.62. The fraction of sp³-hybridized carbons (Fsp3) is 0.500. The molecule has 2 amide bonds. The molecule has 0 unspecified atom stereocenters. The summed E-state index contributed by atoms with van der Waals surface area (Å²) in [5.41, 5.74) is -1.27. The molecule has 2 aliphatic rings. The largest absolute Gasteiger partial charge is 0.396 e. The minimum absolute atomic E-state index is 0.0495. The monoisotopic (exact) mass is 583 g/mol. The number of carbonyl (C=O) groups excluding carboxylic acids is 2. The highest BCUT2D eigenvalue weighted by Crippen LogP contribution is 2.57. The van der Waals surface area contributed by atoms with Crippen molar-refractivity contribution in [2.75, 3.05) is 25.1 Å². The second kappa shape index (κ2) is 11.3. The van der Waals surface area contributed by atoms with Crippen molar-refractivity contribution in [3.63, 3.8) is 0 Å². The molecule has 2 aromatic carbocycles. The Labute approximate surface area is 236 Å². The van der Waals surface area contributed by atoms with E-state index in [4.69, 9.17) is 23.2 Å². The lowest BCUT2D eigenvalue weighted by Gasteiger charge is -2.37. The Morgan fingerprint density at radius 2 is 1.85 bits per heavy atom. The number of aliphatic hydroxyl groups is 2. The number of hydrogen-bond acceptors (Lipinski definition) is 5. The average molecular weight is 584 g/mol. The topological polar surface area (TPSA) is 111 Å². The van der Waals surface area contributed by atoms with E-state index in [2.05, 4.69) is 16.0 Å². The van der Waals surface area contributed by atoms with Crippen LogP contribution in [0.1, 0.15) is 50.7 Å². The van der Waals surface area contributed by atoms with E-state index >= 15 is 4.39 Å². The van der Waals surface area contributed by atoms with Gasteiger partial charge in [-0.3, -0.25) is 9.59 Å². The summed E-state index contributed by atoms with van der Waals surface area (Å²) in [6.45, 7) is 5.58. The van der Waals surface area contributed by atoms with E-state index in [-0.39, 0.29) is 46.3 Å². The van der Waals surface area contributed by atoms with Crippen molar-refractivity contribution in [3.8, 4) is 0 Å². The van der Waals surface area contributed by atoms with E-state index in [0.717, 1.165) is 0 Å². The van der Waals surface area contributed by atoms with E-state index in [1.54, 1.807) is 6.07 Å². The summed E-state index contributed by atoms with van der Waals surface area (Å²) in [5, 5.41) is 27.3. The molecule has 39 heavy (non-hydrogen) atoms. The summed E-state index contributed by atoms with van der Waals surface area (Å²) in [5.74, 6) is -4.02. The van der Waals surface area contributed by atoms with Crippen LogP contribution in [0.25, 0.3) is 0 Å². The first-order valence-corrected chi connectivity index (χ1v) is 13.6. The third-order valence-electron chi connectivity index (χ3n) is 7.67. The summed E-state index contributed by atoms with van der Waals surface area (Å²) in [6, 6.07) is 5.14. The third-order valence-corrected chi connectivity index (χ3v) is 8.25. The maximum Gasteiger partial charge on any atom is 0.237 e. The number of benzene rings is 2. The Morgan fingerprint density at radius 1 is 1.15 bits per heavy atom. The zero-order valence-electron chi connectivity index (χ0n) is 22.0. The van der Waals surface area contributed by atoms with Gasteiger partial charge in [-0.2, -0.15) is 0 Å². The number of anilines is 1. The number of halogens is 4. The van der Waals surface area contributed by atoms with Gasteiger partial charge in [0, 0.05) is 43.3 Å². The van der Waals surface area contributed by atoms with Crippen molar-refractivity contribution in [3.05, 3.63) is 63.1 Å². The highest BCUT2D eigenvalue weighted by molar-refractivity contribution is 6.31. The molecule has 1 saturated heterocycles. The maximum atomic E-state index is 15.7. The normalized spacial score (nSPS) is 24.4. The Bertz CT molecular complexity index is 1270. The second-order valence-corrected chi connectivity index (χ2v) is 12.3. The van der Waals surface area contributed by atoms with Crippen LogP contribution in [-0.2, 0) is 15.0 Å². The lowest BCUT2D eigenvalue weighted by molar-refractivity contribution is -0.124. The Balaban J connectivity index is 1.90. The van der Waals surface area contributed by atoms with Crippen molar-refractivity contribution in [2.45, 2.75) is 57.0 Å². The number of hydrogen-bond donors (Lipinski definition) is 5. The van der Waals surface area contributed by atoms with Crippen molar-refractivity contribution in [1.29, 1.82) is 0 Å². The fourth-order valence-corrected chi connectivity index (χ4v) is 6.26. The standard InChI is InChI=1S/C28H33Cl2F2N3O4/c1-27(2,3)11-21-28(16-9-19(31)18(30)10-20(16)34-26(28)39)22(15-5-4-6-17(29)23(15)32)24(35-21)25(38)33-8-7-14(12-36)13-37/h4-6,9-10,14,21-22,24,35-37H,7-8,11-13H2,1-3H3,(H,33,38)(H,34,39)/t21-,22+,24-,28+/m1/s1. The van der Waals surface area contributed by atoms with Gasteiger partial charge in [-0.15, -0.1) is 0 Å². The number of carbonyl (C=O) groups is 2. The molecule has 1 fully saturated rings. The first-order chi connectivity index (χ1) is 18.3. The molecular weight excluding hydrogens is 551 g/mol. The minimum Gasteiger partial charge on any atom is -0.396 e. The van der Waals surface area contributed by atoms with Gasteiger partial charge in [-0.25, -0.2) is 8.78 Å². The summed E-state index contributed by atoms with van der Waals surface area (Å²) in [6.07, 6.45) is 0.703. The SMILES string of the molecule is CC(C)(C)C[C@H]1N[C@@H](C(=O)NCCC(CO)CO)[C@H](c2cccc(Cl)c2F)[C@@]12C(=O)Nc1cc(Cl)c(F)cc12. The Morgan fingerprint density at radius 3 is 2.49 bits per heavy atom. The predicted molar refractivity (Wildman–Crippen MR) is 146 cm³/mol. The van der Waals surface area contributed by atoms with Crippen LogP contribution >= 0.6 is 23.2 Å². The van der Waals surface area contributed by atoms with E-state index in [9.17, 15) is 24.2 Å². The molecule has 4 rings (SSSR count). The first kappa shape index (κ1) is 29.7. The van der Waals surface area contributed by atoms with Crippen molar-refractivity contribution in [1.82, 2.24) is 10.6 Å². The molecule has 212 valence electrons. The molecule has 11 heteroatoms. The van der Waals surface area contributed by atoms with Gasteiger partial charge in [0.25, 0.3) is 0 Å². The second-order valence-electron chi connectivity index (χ2n) is 11.5. The van der Waals surface area contributed by atoms with Gasteiger partial charge in [0.15, 0.2) is 0 Å². The third kappa shape index (κ3) is 5.39. The molecule has 0 aromatic heterocycles. The van der Waals surface area contributed by atoms with Crippen molar-refractivity contribution in [2.24, 2.45) is 11.3 Å². The van der Waals surface area contributed by atoms with Crippen molar-refractivity contribution >= 4 is 40.7 Å². The highest BCUT2D eigenvalue weighted by Gasteiger charge is 2.66. The summed E-state index contributed by atoms with van der Waals surface area (Å²) < 4.78 is 30.6. The van der Waals surface area contributed by atoms with Gasteiger partial charge < -0.3 is 26.2 Å². The quantitative estimate of drug-likeness (QED) is 0.321. The van der Waals surface area contributed by atoms with Crippen LogP contribution in [0.2, 0.25) is 10.0 Å². The molecule has 2 heterocycles. The predicted octanol–water partition coefficient (Wildman–Crippen LogP) is 4.13. The first-order valence-electron chi connectivity index (χ1n) is 12.9. The van der Waals surface area contributed by atoms with E-state index in [1.807, 2.05) is 20.8 Å². The molecule has 0 bridgehead atoms. The minimum atomic E-state index is -1.57. The number of nitrogens with one attached hydrogen (secondary N) is 3. The van der Waals surface area contributed by atoms with Crippen molar-refractivity contribution < 1.29 is 28.6 Å². The van der Waals surface area contributed by atoms with Crippen LogP contribution in [-0.4, -0.2) is 53.9 Å². The molecule has 5 N–H and O–H groups in total. The zero-order chi connectivity index (χ0) is 28.7. The molecule has 2 aromatic rings. The van der Waals surface area contributed by atoms with Gasteiger partial charge >= 0.3 is 0 Å².